The number of thiophene rings is 1. The molecule has 0 aliphatic carbocycles. The van der Waals surface area contributed by atoms with E-state index in [1.165, 1.54) is 23.3 Å². The van der Waals surface area contributed by atoms with Crippen LogP contribution in [0, 0.1) is 5.92 Å². The van der Waals surface area contributed by atoms with E-state index in [1.807, 2.05) is 5.38 Å². The molecule has 1 aliphatic heterocycles. The van der Waals surface area contributed by atoms with Gasteiger partial charge < -0.3 is 14.5 Å². The monoisotopic (exact) mass is 310 g/mol. The van der Waals surface area contributed by atoms with Crippen molar-refractivity contribution >= 4 is 29.1 Å². The molecule has 2 rings (SSSR count). The zero-order valence-electron chi connectivity index (χ0n) is 12.1. The number of hydrogen-bond donors (Lipinski definition) is 0. The van der Waals surface area contributed by atoms with Crippen molar-refractivity contribution in [3.63, 3.8) is 0 Å². The van der Waals surface area contributed by atoms with E-state index in [2.05, 4.69) is 0 Å². The van der Waals surface area contributed by atoms with Gasteiger partial charge in [-0.2, -0.15) is 0 Å². The molecule has 0 aromatic carbocycles. The lowest BCUT2D eigenvalue weighted by Crippen LogP contribution is -2.40. The number of ether oxygens (including phenoxy) is 1. The first kappa shape index (κ1) is 15.5. The molecule has 1 atom stereocenters. The topological polar surface area (TPSA) is 66.9 Å². The Hall–Kier alpha value is -1.89. The fourth-order valence-electron chi connectivity index (χ4n) is 2.31. The van der Waals surface area contributed by atoms with Gasteiger partial charge in [-0.25, -0.2) is 0 Å². The highest BCUT2D eigenvalue weighted by Gasteiger charge is 2.32. The van der Waals surface area contributed by atoms with Gasteiger partial charge in [-0.05, 0) is 17.9 Å². The lowest BCUT2D eigenvalue weighted by atomic mass is 10.1. The molecule has 0 radical (unpaired) electrons. The molecule has 114 valence electrons. The number of esters is 1. The third-order valence-corrected chi connectivity index (χ3v) is 4.38. The van der Waals surface area contributed by atoms with Gasteiger partial charge in [0.15, 0.2) is 0 Å². The average Bonchev–Trinajstić information content (AvgIpc) is 3.16. The van der Waals surface area contributed by atoms with Crippen LogP contribution in [0.15, 0.2) is 17.5 Å². The van der Waals surface area contributed by atoms with Gasteiger partial charge in [0.2, 0.25) is 5.91 Å². The number of nitrogens with zero attached hydrogens (tertiary/aromatic N) is 2. The molecule has 0 N–H and O–H groups in total. The number of likely N-dealkylation sites (N-methyl/N-ethyl adjacent to an activating group) is 1. The lowest BCUT2D eigenvalue weighted by molar-refractivity contribution is -0.145. The van der Waals surface area contributed by atoms with Gasteiger partial charge in [0.1, 0.15) is 0 Å². The summed E-state index contributed by atoms with van der Waals surface area (Å²) >= 11 is 1.35. The smallest absolute Gasteiger partial charge is 0.310 e. The van der Waals surface area contributed by atoms with Gasteiger partial charge in [0.25, 0.3) is 5.91 Å². The summed E-state index contributed by atoms with van der Waals surface area (Å²) in [5.74, 6) is -0.846. The van der Waals surface area contributed by atoms with Crippen molar-refractivity contribution in [2.75, 3.05) is 33.8 Å². The summed E-state index contributed by atoms with van der Waals surface area (Å²) in [6, 6.07) is 3.53. The Bertz CT molecular complexity index is 529. The molecule has 1 aromatic rings. The van der Waals surface area contributed by atoms with Crippen LogP contribution in [-0.4, -0.2) is 61.4 Å². The van der Waals surface area contributed by atoms with Crippen LogP contribution in [0.2, 0.25) is 0 Å². The van der Waals surface area contributed by atoms with Crippen molar-refractivity contribution < 1.29 is 19.1 Å². The Balaban J connectivity index is 1.87. The SMILES string of the molecule is COC(=O)C1CCN(C(=O)CN(C)C(=O)c2cccs2)C1. The first-order valence-corrected chi connectivity index (χ1v) is 7.55. The average molecular weight is 310 g/mol. The normalized spacial score (nSPS) is 17.6. The van der Waals surface area contributed by atoms with Crippen LogP contribution in [0.5, 0.6) is 0 Å². The van der Waals surface area contributed by atoms with E-state index in [4.69, 9.17) is 4.74 Å². The van der Waals surface area contributed by atoms with Crippen LogP contribution in [0.4, 0.5) is 0 Å². The maximum atomic E-state index is 12.2. The number of hydrogen-bond acceptors (Lipinski definition) is 5. The molecule has 1 fully saturated rings. The molecule has 7 heteroatoms. The van der Waals surface area contributed by atoms with E-state index in [0.29, 0.717) is 24.4 Å². The second kappa shape index (κ2) is 6.71. The number of likely N-dealkylation sites (tertiary alicyclic amines) is 1. The van der Waals surface area contributed by atoms with E-state index in [0.717, 1.165) is 0 Å². The highest BCUT2D eigenvalue weighted by atomic mass is 32.1. The van der Waals surface area contributed by atoms with Crippen molar-refractivity contribution in [3.05, 3.63) is 22.4 Å². The highest BCUT2D eigenvalue weighted by molar-refractivity contribution is 7.12. The standard InChI is InChI=1S/C14H18N2O4S/c1-15(13(18)11-4-3-7-21-11)9-12(17)16-6-5-10(8-16)14(19)20-2/h3-4,7,10H,5-6,8-9H2,1-2H3. The quantitative estimate of drug-likeness (QED) is 0.773. The third-order valence-electron chi connectivity index (χ3n) is 3.53. The Labute approximate surface area is 127 Å². The van der Waals surface area contributed by atoms with Gasteiger partial charge in [0, 0.05) is 20.1 Å². The molecule has 0 spiro atoms. The van der Waals surface area contributed by atoms with Crippen molar-refractivity contribution in [2.24, 2.45) is 5.92 Å². The largest absolute Gasteiger partial charge is 0.469 e. The second-order valence-electron chi connectivity index (χ2n) is 4.99. The third kappa shape index (κ3) is 3.60. The van der Waals surface area contributed by atoms with E-state index in [1.54, 1.807) is 24.1 Å². The van der Waals surface area contributed by atoms with Gasteiger partial charge in [-0.3, -0.25) is 14.4 Å². The second-order valence-corrected chi connectivity index (χ2v) is 5.93. The molecule has 6 nitrogen and oxygen atoms in total. The Morgan fingerprint density at radius 3 is 2.86 bits per heavy atom. The zero-order valence-corrected chi connectivity index (χ0v) is 12.9. The molecule has 21 heavy (non-hydrogen) atoms. The minimum absolute atomic E-state index is 0.0185. The Morgan fingerprint density at radius 2 is 2.24 bits per heavy atom. The van der Waals surface area contributed by atoms with Gasteiger partial charge >= 0.3 is 5.97 Å². The van der Waals surface area contributed by atoms with E-state index in [9.17, 15) is 14.4 Å². The van der Waals surface area contributed by atoms with Gasteiger partial charge in [0.05, 0.1) is 24.4 Å². The molecule has 2 amide bonds. The van der Waals surface area contributed by atoms with Crippen LogP contribution in [0.3, 0.4) is 0 Å². The summed E-state index contributed by atoms with van der Waals surface area (Å²) < 4.78 is 4.69. The molecule has 0 saturated carbocycles. The van der Waals surface area contributed by atoms with Crippen LogP contribution < -0.4 is 0 Å². The molecule has 1 unspecified atom stereocenters. The molecule has 1 aromatic heterocycles. The first-order valence-electron chi connectivity index (χ1n) is 6.67. The number of rotatable bonds is 4. The van der Waals surface area contributed by atoms with Gasteiger partial charge in [-0.15, -0.1) is 11.3 Å². The first-order chi connectivity index (χ1) is 10.0. The molecule has 0 bridgehead atoms. The molecule has 2 heterocycles. The number of amides is 2. The fourth-order valence-corrected chi connectivity index (χ4v) is 3.03. The van der Waals surface area contributed by atoms with Crippen molar-refractivity contribution in [3.8, 4) is 0 Å². The van der Waals surface area contributed by atoms with Crippen molar-refractivity contribution in [1.29, 1.82) is 0 Å². The lowest BCUT2D eigenvalue weighted by Gasteiger charge is -2.21. The summed E-state index contributed by atoms with van der Waals surface area (Å²) in [4.78, 5) is 39.3. The summed E-state index contributed by atoms with van der Waals surface area (Å²) in [5.41, 5.74) is 0. The number of carbonyl (C=O) groups excluding carboxylic acids is 3. The minimum Gasteiger partial charge on any atom is -0.469 e. The van der Waals surface area contributed by atoms with Crippen LogP contribution in [0.1, 0.15) is 16.1 Å². The van der Waals surface area contributed by atoms with Crippen LogP contribution >= 0.6 is 11.3 Å². The summed E-state index contributed by atoms with van der Waals surface area (Å²) in [6.45, 7) is 0.913. The fraction of sp³-hybridized carbons (Fsp3) is 0.500. The molecular weight excluding hydrogens is 292 g/mol. The zero-order chi connectivity index (χ0) is 15.4. The van der Waals surface area contributed by atoms with E-state index in [-0.39, 0.29) is 30.2 Å². The van der Waals surface area contributed by atoms with Gasteiger partial charge in [-0.1, -0.05) is 6.07 Å². The maximum absolute atomic E-state index is 12.2. The Kier molecular flexibility index (Phi) is 4.95. The molecule has 1 aliphatic rings. The molecular formula is C14H18N2O4S. The Morgan fingerprint density at radius 1 is 1.48 bits per heavy atom. The predicted molar refractivity (Wildman–Crippen MR) is 78.0 cm³/mol. The predicted octanol–water partition coefficient (Wildman–Crippen LogP) is 0.842. The molecule has 1 saturated heterocycles. The van der Waals surface area contributed by atoms with Crippen molar-refractivity contribution in [2.45, 2.75) is 6.42 Å². The summed E-state index contributed by atoms with van der Waals surface area (Å²) in [5, 5.41) is 1.82. The van der Waals surface area contributed by atoms with Crippen molar-refractivity contribution in [1.82, 2.24) is 9.80 Å². The maximum Gasteiger partial charge on any atom is 0.310 e. The number of methoxy groups -OCH3 is 1. The minimum atomic E-state index is -0.284. The summed E-state index contributed by atoms with van der Waals surface area (Å²) in [6.07, 6.45) is 0.612. The van der Waals surface area contributed by atoms with Crippen LogP contribution in [-0.2, 0) is 14.3 Å². The number of carbonyl (C=O) groups is 3. The summed E-state index contributed by atoms with van der Waals surface area (Å²) in [7, 11) is 2.95. The highest BCUT2D eigenvalue weighted by Crippen LogP contribution is 2.18. The van der Waals surface area contributed by atoms with E-state index >= 15 is 0 Å². The van der Waals surface area contributed by atoms with Crippen LogP contribution in [0.25, 0.3) is 0 Å². The van der Waals surface area contributed by atoms with E-state index < -0.39 is 0 Å².